The van der Waals surface area contributed by atoms with E-state index in [1.807, 2.05) is 0 Å². The molecule has 0 aliphatic carbocycles. The Bertz CT molecular complexity index is 643. The van der Waals surface area contributed by atoms with Crippen molar-refractivity contribution in [2.75, 3.05) is 11.9 Å². The van der Waals surface area contributed by atoms with Crippen molar-refractivity contribution in [2.24, 2.45) is 0 Å². The Labute approximate surface area is 127 Å². The number of aromatic amines is 1. The van der Waals surface area contributed by atoms with Crippen molar-refractivity contribution in [2.45, 2.75) is 43.3 Å². The van der Waals surface area contributed by atoms with Crippen LogP contribution in [-0.2, 0) is 6.42 Å². The van der Waals surface area contributed by atoms with Gasteiger partial charge in [-0.3, -0.25) is 4.79 Å². The van der Waals surface area contributed by atoms with Gasteiger partial charge in [0.15, 0.2) is 5.16 Å². The van der Waals surface area contributed by atoms with E-state index >= 15 is 0 Å². The van der Waals surface area contributed by atoms with Crippen LogP contribution >= 0.6 is 11.8 Å². The van der Waals surface area contributed by atoms with E-state index < -0.39 is 0 Å². The minimum atomic E-state index is -0.130. The summed E-state index contributed by atoms with van der Waals surface area (Å²) in [5, 5.41) is 4.45. The van der Waals surface area contributed by atoms with E-state index in [0.717, 1.165) is 36.5 Å². The number of nitrogens with zero attached hydrogens (tertiary/aromatic N) is 3. The fraction of sp³-hybridized carbons (Fsp3) is 0.429. The van der Waals surface area contributed by atoms with Crippen LogP contribution in [0.1, 0.15) is 32.4 Å². The van der Waals surface area contributed by atoms with Crippen molar-refractivity contribution in [1.29, 1.82) is 0 Å². The van der Waals surface area contributed by atoms with Gasteiger partial charge >= 0.3 is 0 Å². The minimum absolute atomic E-state index is 0.130. The summed E-state index contributed by atoms with van der Waals surface area (Å²) in [4.78, 5) is 27.3. The van der Waals surface area contributed by atoms with Crippen molar-refractivity contribution in [3.63, 3.8) is 0 Å². The van der Waals surface area contributed by atoms with E-state index in [2.05, 4.69) is 39.1 Å². The lowest BCUT2D eigenvalue weighted by Crippen LogP contribution is -2.10. The summed E-state index contributed by atoms with van der Waals surface area (Å²) in [7, 11) is 0. The van der Waals surface area contributed by atoms with Crippen molar-refractivity contribution < 1.29 is 0 Å². The SMILES string of the molecule is CCCNc1nccc(Sc2nc(CCC)cc(=O)[nH]2)n1. The van der Waals surface area contributed by atoms with Crippen molar-refractivity contribution in [1.82, 2.24) is 19.9 Å². The van der Waals surface area contributed by atoms with Gasteiger partial charge < -0.3 is 10.3 Å². The van der Waals surface area contributed by atoms with Crippen LogP contribution in [0.2, 0.25) is 0 Å². The van der Waals surface area contributed by atoms with E-state index in [9.17, 15) is 4.79 Å². The summed E-state index contributed by atoms with van der Waals surface area (Å²) in [6.45, 7) is 4.97. The molecule has 0 aliphatic heterocycles. The van der Waals surface area contributed by atoms with Gasteiger partial charge in [0, 0.05) is 24.5 Å². The predicted octanol–water partition coefficient (Wildman–Crippen LogP) is 2.49. The number of hydrogen-bond acceptors (Lipinski definition) is 6. The fourth-order valence-corrected chi connectivity index (χ4v) is 2.51. The van der Waals surface area contributed by atoms with E-state index in [-0.39, 0.29) is 5.56 Å². The number of nitrogens with one attached hydrogen (secondary N) is 2. The Balaban J connectivity index is 2.15. The van der Waals surface area contributed by atoms with Crippen LogP contribution < -0.4 is 10.9 Å². The van der Waals surface area contributed by atoms with E-state index in [1.165, 1.54) is 11.8 Å². The summed E-state index contributed by atoms with van der Waals surface area (Å²) < 4.78 is 0. The quantitative estimate of drug-likeness (QED) is 0.604. The average Bonchev–Trinajstić information content (AvgIpc) is 2.45. The zero-order valence-electron chi connectivity index (χ0n) is 12.2. The van der Waals surface area contributed by atoms with Gasteiger partial charge in [0.1, 0.15) is 5.03 Å². The predicted molar refractivity (Wildman–Crippen MR) is 83.8 cm³/mol. The highest BCUT2D eigenvalue weighted by Gasteiger charge is 2.06. The first-order valence-corrected chi connectivity index (χ1v) is 7.88. The monoisotopic (exact) mass is 305 g/mol. The third-order valence-electron chi connectivity index (χ3n) is 2.64. The average molecular weight is 305 g/mol. The lowest BCUT2D eigenvalue weighted by Gasteiger charge is -2.05. The first-order valence-electron chi connectivity index (χ1n) is 7.06. The van der Waals surface area contributed by atoms with Gasteiger partial charge in [-0.1, -0.05) is 20.3 Å². The van der Waals surface area contributed by atoms with Crippen molar-refractivity contribution >= 4 is 17.7 Å². The zero-order chi connectivity index (χ0) is 15.1. The topological polar surface area (TPSA) is 83.6 Å². The Morgan fingerprint density at radius 2 is 2.14 bits per heavy atom. The number of aromatic nitrogens is 4. The number of aryl methyl sites for hydroxylation is 1. The van der Waals surface area contributed by atoms with Gasteiger partial charge in [-0.25, -0.2) is 15.0 Å². The highest BCUT2D eigenvalue weighted by molar-refractivity contribution is 7.99. The van der Waals surface area contributed by atoms with Gasteiger partial charge in [-0.2, -0.15) is 0 Å². The number of rotatable bonds is 7. The van der Waals surface area contributed by atoms with E-state index in [4.69, 9.17) is 0 Å². The molecule has 2 heterocycles. The lowest BCUT2D eigenvalue weighted by atomic mass is 10.2. The summed E-state index contributed by atoms with van der Waals surface area (Å²) in [6, 6.07) is 3.34. The van der Waals surface area contributed by atoms with Crippen LogP contribution in [0, 0.1) is 0 Å². The second kappa shape index (κ2) is 7.78. The molecule has 0 radical (unpaired) electrons. The van der Waals surface area contributed by atoms with Crippen LogP contribution in [-0.4, -0.2) is 26.5 Å². The molecule has 0 saturated carbocycles. The summed E-state index contributed by atoms with van der Waals surface area (Å²) in [5.41, 5.74) is 0.677. The molecule has 2 N–H and O–H groups in total. The highest BCUT2D eigenvalue weighted by atomic mass is 32.2. The molecule has 6 nitrogen and oxygen atoms in total. The highest BCUT2D eigenvalue weighted by Crippen LogP contribution is 2.22. The van der Waals surface area contributed by atoms with Gasteiger partial charge in [-0.15, -0.1) is 0 Å². The van der Waals surface area contributed by atoms with Crippen LogP contribution in [0.25, 0.3) is 0 Å². The molecule has 2 aromatic rings. The molecule has 0 aromatic carbocycles. The summed E-state index contributed by atoms with van der Waals surface area (Å²) in [6.07, 6.45) is 4.46. The van der Waals surface area contributed by atoms with Crippen molar-refractivity contribution in [3.05, 3.63) is 34.4 Å². The van der Waals surface area contributed by atoms with Crippen LogP contribution in [0.3, 0.4) is 0 Å². The first-order chi connectivity index (χ1) is 10.2. The standard InChI is InChI=1S/C14H19N5OS/c1-3-5-10-9-11(20)18-14(17-10)21-12-6-8-16-13(19-12)15-7-4-2/h6,8-9H,3-5,7H2,1-2H3,(H,15,16,19)(H,17,18,20). The van der Waals surface area contributed by atoms with E-state index in [1.54, 1.807) is 18.3 Å². The molecule has 0 aliphatic rings. The molecule has 112 valence electrons. The molecule has 7 heteroatoms. The Hall–Kier alpha value is -1.89. The molecule has 0 fully saturated rings. The molecule has 0 saturated heterocycles. The molecule has 0 atom stereocenters. The summed E-state index contributed by atoms with van der Waals surface area (Å²) in [5.74, 6) is 0.592. The normalized spacial score (nSPS) is 10.6. The third kappa shape index (κ3) is 4.86. The smallest absolute Gasteiger partial charge is 0.251 e. The molecule has 0 spiro atoms. The molecule has 2 aromatic heterocycles. The first kappa shape index (κ1) is 15.5. The minimum Gasteiger partial charge on any atom is -0.354 e. The third-order valence-corrected chi connectivity index (χ3v) is 3.47. The van der Waals surface area contributed by atoms with Gasteiger partial charge in [0.2, 0.25) is 5.95 Å². The van der Waals surface area contributed by atoms with Gasteiger partial charge in [0.25, 0.3) is 5.56 Å². The Morgan fingerprint density at radius 1 is 1.29 bits per heavy atom. The number of hydrogen-bond donors (Lipinski definition) is 2. The van der Waals surface area contributed by atoms with E-state index in [0.29, 0.717) is 11.1 Å². The fourth-order valence-electron chi connectivity index (χ4n) is 1.74. The molecule has 0 amide bonds. The van der Waals surface area contributed by atoms with Crippen LogP contribution in [0.4, 0.5) is 5.95 Å². The number of H-pyrrole nitrogens is 1. The van der Waals surface area contributed by atoms with Crippen molar-refractivity contribution in [3.8, 4) is 0 Å². The maximum Gasteiger partial charge on any atom is 0.251 e. The maximum atomic E-state index is 11.6. The second-order valence-electron chi connectivity index (χ2n) is 4.54. The zero-order valence-corrected chi connectivity index (χ0v) is 13.0. The molecule has 21 heavy (non-hydrogen) atoms. The largest absolute Gasteiger partial charge is 0.354 e. The second-order valence-corrected chi connectivity index (χ2v) is 5.55. The Morgan fingerprint density at radius 3 is 2.90 bits per heavy atom. The van der Waals surface area contributed by atoms with Crippen LogP contribution in [0.5, 0.6) is 0 Å². The molecular formula is C14H19N5OS. The molecule has 2 rings (SSSR count). The van der Waals surface area contributed by atoms with Gasteiger partial charge in [0.05, 0.1) is 0 Å². The van der Waals surface area contributed by atoms with Crippen LogP contribution in [0.15, 0.2) is 33.3 Å². The molecule has 0 bridgehead atoms. The van der Waals surface area contributed by atoms with Gasteiger partial charge in [-0.05, 0) is 30.7 Å². The molecular weight excluding hydrogens is 286 g/mol. The molecule has 0 unspecified atom stereocenters. The summed E-state index contributed by atoms with van der Waals surface area (Å²) >= 11 is 1.33. The Kier molecular flexibility index (Phi) is 5.74. The number of anilines is 1. The lowest BCUT2D eigenvalue weighted by molar-refractivity contribution is 0.814. The maximum absolute atomic E-state index is 11.6.